The summed E-state index contributed by atoms with van der Waals surface area (Å²) in [6.07, 6.45) is -3.04. The molecule has 2 heterocycles. The second kappa shape index (κ2) is 5.54. The molecule has 0 saturated heterocycles. The minimum Gasteiger partial charge on any atom is -0.360 e. The van der Waals surface area contributed by atoms with Crippen molar-refractivity contribution in [2.24, 2.45) is 7.05 Å². The molecule has 0 spiro atoms. The fraction of sp³-hybridized carbons (Fsp3) is 0.455. The van der Waals surface area contributed by atoms with Gasteiger partial charge in [-0.05, 0) is 6.92 Å². The first-order chi connectivity index (χ1) is 9.81. The van der Waals surface area contributed by atoms with Crippen LogP contribution in [0, 0.1) is 0 Å². The Labute approximate surface area is 118 Å². The summed E-state index contributed by atoms with van der Waals surface area (Å²) in [6, 6.07) is 0.492. The van der Waals surface area contributed by atoms with E-state index in [1.807, 2.05) is 0 Å². The molecule has 2 aromatic heterocycles. The Morgan fingerprint density at radius 1 is 1.29 bits per heavy atom. The molecule has 10 heteroatoms. The van der Waals surface area contributed by atoms with Crippen LogP contribution in [0.5, 0.6) is 0 Å². The molecule has 2 N–H and O–H groups in total. The monoisotopic (exact) mass is 301 g/mol. The number of hydrogen-bond donors (Lipinski definition) is 2. The molecule has 0 aromatic carbocycles. The molecule has 114 valence electrons. The summed E-state index contributed by atoms with van der Waals surface area (Å²) in [5, 5.41) is 13.0. The van der Waals surface area contributed by atoms with Crippen LogP contribution >= 0.6 is 0 Å². The van der Waals surface area contributed by atoms with E-state index in [4.69, 9.17) is 0 Å². The van der Waals surface area contributed by atoms with Crippen molar-refractivity contribution >= 4 is 11.8 Å². The molecule has 0 fully saturated rings. The van der Waals surface area contributed by atoms with Crippen LogP contribution in [-0.2, 0) is 13.2 Å². The van der Waals surface area contributed by atoms with Crippen LogP contribution in [0.3, 0.4) is 0 Å². The van der Waals surface area contributed by atoms with Gasteiger partial charge in [0.1, 0.15) is 12.1 Å². The standard InChI is InChI=1S/C11H14F3N7/c1-6(9-20-16-5-21(9)3)17-8-4-7(11(12,13)14)18-10(15-2)19-8/h4-6H,1-3H3,(H2,15,17,18,19). The molecule has 0 aliphatic heterocycles. The lowest BCUT2D eigenvalue weighted by Crippen LogP contribution is -2.16. The summed E-state index contributed by atoms with van der Waals surface area (Å²) in [5.41, 5.74) is -1.02. The average Bonchev–Trinajstić information content (AvgIpc) is 2.83. The SMILES string of the molecule is CNc1nc(NC(C)c2nncn2C)cc(C(F)(F)F)n1. The molecule has 1 unspecified atom stereocenters. The topological polar surface area (TPSA) is 80.5 Å². The Hall–Kier alpha value is -2.39. The van der Waals surface area contributed by atoms with Gasteiger partial charge in [0.05, 0.1) is 6.04 Å². The molecular weight excluding hydrogens is 287 g/mol. The lowest BCUT2D eigenvalue weighted by Gasteiger charge is -2.15. The number of aryl methyl sites for hydroxylation is 1. The van der Waals surface area contributed by atoms with Crippen molar-refractivity contribution < 1.29 is 13.2 Å². The van der Waals surface area contributed by atoms with Crippen LogP contribution in [0.25, 0.3) is 0 Å². The third-order valence-electron chi connectivity index (χ3n) is 2.74. The van der Waals surface area contributed by atoms with E-state index in [1.54, 1.807) is 18.5 Å². The summed E-state index contributed by atoms with van der Waals surface area (Å²) < 4.78 is 40.0. The van der Waals surface area contributed by atoms with Gasteiger partial charge in [0.15, 0.2) is 11.5 Å². The van der Waals surface area contributed by atoms with Crippen LogP contribution in [0.1, 0.15) is 24.5 Å². The first-order valence-electron chi connectivity index (χ1n) is 6.05. The van der Waals surface area contributed by atoms with Crippen LogP contribution in [-0.4, -0.2) is 31.8 Å². The maximum Gasteiger partial charge on any atom is 0.433 e. The predicted molar refractivity (Wildman–Crippen MR) is 69.6 cm³/mol. The zero-order valence-electron chi connectivity index (χ0n) is 11.6. The van der Waals surface area contributed by atoms with E-state index in [0.717, 1.165) is 6.07 Å². The summed E-state index contributed by atoms with van der Waals surface area (Å²) in [5.74, 6) is 0.517. The number of nitrogens with zero attached hydrogens (tertiary/aromatic N) is 5. The maximum atomic E-state index is 12.8. The molecule has 21 heavy (non-hydrogen) atoms. The van der Waals surface area contributed by atoms with E-state index in [2.05, 4.69) is 30.8 Å². The van der Waals surface area contributed by atoms with Gasteiger partial charge in [0.2, 0.25) is 5.95 Å². The lowest BCUT2D eigenvalue weighted by molar-refractivity contribution is -0.141. The highest BCUT2D eigenvalue weighted by molar-refractivity contribution is 5.44. The molecule has 0 radical (unpaired) electrons. The van der Waals surface area contributed by atoms with Gasteiger partial charge < -0.3 is 15.2 Å². The van der Waals surface area contributed by atoms with E-state index in [-0.39, 0.29) is 17.8 Å². The minimum atomic E-state index is -4.54. The second-order valence-electron chi connectivity index (χ2n) is 4.38. The molecule has 0 aliphatic rings. The predicted octanol–water partition coefficient (Wildman–Crippen LogP) is 1.84. The number of aromatic nitrogens is 5. The number of nitrogens with one attached hydrogen (secondary N) is 2. The van der Waals surface area contributed by atoms with Crippen molar-refractivity contribution in [3.8, 4) is 0 Å². The zero-order valence-corrected chi connectivity index (χ0v) is 11.6. The van der Waals surface area contributed by atoms with E-state index in [9.17, 15) is 13.2 Å². The van der Waals surface area contributed by atoms with Crippen LogP contribution in [0.2, 0.25) is 0 Å². The van der Waals surface area contributed by atoms with Crippen molar-refractivity contribution in [1.29, 1.82) is 0 Å². The Bertz CT molecular complexity index is 623. The molecule has 2 rings (SSSR count). The molecular formula is C11H14F3N7. The molecule has 0 amide bonds. The lowest BCUT2D eigenvalue weighted by atomic mass is 10.3. The summed E-state index contributed by atoms with van der Waals surface area (Å²) in [4.78, 5) is 7.34. The van der Waals surface area contributed by atoms with Gasteiger partial charge in [-0.15, -0.1) is 10.2 Å². The fourth-order valence-corrected chi connectivity index (χ4v) is 1.75. The normalized spacial score (nSPS) is 13.0. The smallest absolute Gasteiger partial charge is 0.360 e. The van der Waals surface area contributed by atoms with Crippen LogP contribution in [0.4, 0.5) is 24.9 Å². The van der Waals surface area contributed by atoms with Gasteiger partial charge in [-0.25, -0.2) is 4.98 Å². The summed E-state index contributed by atoms with van der Waals surface area (Å²) in [7, 11) is 3.19. The van der Waals surface area contributed by atoms with E-state index in [1.165, 1.54) is 13.4 Å². The molecule has 0 aliphatic carbocycles. The van der Waals surface area contributed by atoms with Gasteiger partial charge >= 0.3 is 6.18 Å². The van der Waals surface area contributed by atoms with Gasteiger partial charge in [0, 0.05) is 20.2 Å². The highest BCUT2D eigenvalue weighted by Gasteiger charge is 2.33. The van der Waals surface area contributed by atoms with E-state index >= 15 is 0 Å². The van der Waals surface area contributed by atoms with E-state index < -0.39 is 11.9 Å². The van der Waals surface area contributed by atoms with Crippen molar-refractivity contribution in [3.05, 3.63) is 23.9 Å². The third-order valence-corrected chi connectivity index (χ3v) is 2.74. The van der Waals surface area contributed by atoms with Crippen molar-refractivity contribution in [1.82, 2.24) is 24.7 Å². The van der Waals surface area contributed by atoms with Gasteiger partial charge in [-0.2, -0.15) is 18.2 Å². The Balaban J connectivity index is 2.29. The quantitative estimate of drug-likeness (QED) is 0.897. The Morgan fingerprint density at radius 2 is 2.00 bits per heavy atom. The summed E-state index contributed by atoms with van der Waals surface area (Å²) in [6.45, 7) is 1.75. The van der Waals surface area contributed by atoms with Gasteiger partial charge in [-0.3, -0.25) is 0 Å². The summed E-state index contributed by atoms with van der Waals surface area (Å²) >= 11 is 0. The maximum absolute atomic E-state index is 12.8. The largest absolute Gasteiger partial charge is 0.433 e. The van der Waals surface area contributed by atoms with Crippen LogP contribution in [0.15, 0.2) is 12.4 Å². The van der Waals surface area contributed by atoms with Gasteiger partial charge in [0.25, 0.3) is 0 Å². The fourth-order valence-electron chi connectivity index (χ4n) is 1.75. The zero-order chi connectivity index (χ0) is 15.6. The van der Waals surface area contributed by atoms with Crippen LogP contribution < -0.4 is 10.6 Å². The number of hydrogen-bond acceptors (Lipinski definition) is 6. The molecule has 0 saturated carbocycles. The van der Waals surface area contributed by atoms with E-state index in [0.29, 0.717) is 5.82 Å². The third kappa shape index (κ3) is 3.38. The average molecular weight is 301 g/mol. The minimum absolute atomic E-state index is 0.0529. The number of anilines is 2. The molecule has 7 nitrogen and oxygen atoms in total. The number of halogens is 3. The molecule has 0 bridgehead atoms. The Morgan fingerprint density at radius 3 is 2.52 bits per heavy atom. The Kier molecular flexibility index (Phi) is 3.96. The molecule has 1 atom stereocenters. The first kappa shape index (κ1) is 15.0. The van der Waals surface area contributed by atoms with Crippen molar-refractivity contribution in [2.45, 2.75) is 19.1 Å². The van der Waals surface area contributed by atoms with Crippen molar-refractivity contribution in [2.75, 3.05) is 17.7 Å². The number of alkyl halides is 3. The number of rotatable bonds is 4. The highest BCUT2D eigenvalue weighted by Crippen LogP contribution is 2.30. The second-order valence-corrected chi connectivity index (χ2v) is 4.38. The highest BCUT2D eigenvalue weighted by atomic mass is 19.4. The van der Waals surface area contributed by atoms with Gasteiger partial charge in [-0.1, -0.05) is 0 Å². The molecule has 2 aromatic rings. The van der Waals surface area contributed by atoms with Crippen molar-refractivity contribution in [3.63, 3.8) is 0 Å². The first-order valence-corrected chi connectivity index (χ1v) is 6.05.